The van der Waals surface area contributed by atoms with Crippen molar-refractivity contribution >= 4 is 37.9 Å². The van der Waals surface area contributed by atoms with E-state index in [-0.39, 0.29) is 0 Å². The third-order valence-electron chi connectivity index (χ3n) is 12.4. The largest absolute Gasteiger partial charge is 0.416 e. The van der Waals surface area contributed by atoms with Crippen LogP contribution < -0.4 is 21.9 Å². The first-order valence-corrected chi connectivity index (χ1v) is 23.8. The molecule has 0 unspecified atom stereocenters. The lowest BCUT2D eigenvalue weighted by Gasteiger charge is -2.46. The van der Waals surface area contributed by atoms with Gasteiger partial charge in [-0.05, 0) is 97.1 Å². The van der Waals surface area contributed by atoms with Crippen LogP contribution in [0.25, 0.3) is 0 Å². The molecule has 0 aliphatic rings. The van der Waals surface area contributed by atoms with Gasteiger partial charge in [0.15, 0.2) is 24.6 Å². The van der Waals surface area contributed by atoms with E-state index in [4.69, 9.17) is 15.8 Å². The Kier molecular flexibility index (Phi) is 16.9. The summed E-state index contributed by atoms with van der Waals surface area (Å²) in [6.45, 7) is 0. The first-order chi connectivity index (χ1) is 37.9. The van der Waals surface area contributed by atoms with Gasteiger partial charge in [0, 0.05) is 0 Å². The quantitative estimate of drug-likeness (QED) is 0.0904. The summed E-state index contributed by atoms with van der Waals surface area (Å²) in [6, 6.07) is 17.2. The molecule has 7 aromatic rings. The van der Waals surface area contributed by atoms with Crippen LogP contribution in [0.3, 0.4) is 0 Å². The Morgan fingerprint density at radius 1 is 0.265 bits per heavy atom. The summed E-state index contributed by atoms with van der Waals surface area (Å²) in [5.74, 6) is 0. The van der Waals surface area contributed by atoms with E-state index in [9.17, 15) is 110 Å². The van der Waals surface area contributed by atoms with Crippen molar-refractivity contribution in [1.82, 2.24) is 0 Å². The minimum Gasteiger partial charge on any atom is -0.194 e. The number of nitrogens with zero attached hydrogens (tertiary/aromatic N) is 3. The smallest absolute Gasteiger partial charge is 0.194 e. The zero-order valence-electron chi connectivity index (χ0n) is 40.2. The molecule has 0 heterocycles. The van der Waals surface area contributed by atoms with E-state index in [1.165, 1.54) is 0 Å². The molecule has 7 aromatic carbocycles. The molecule has 0 aliphatic heterocycles. The summed E-state index contributed by atoms with van der Waals surface area (Å²) < 4.78 is 355. The molecule has 0 radical (unpaired) electrons. The minimum absolute atomic E-state index is 0.482. The second kappa shape index (κ2) is 22.0. The molecule has 0 saturated heterocycles. The third kappa shape index (κ3) is 13.7. The maximum absolute atomic E-state index is 14.2. The molecule has 7 rings (SSSR count). The number of alkyl halides is 24. The van der Waals surface area contributed by atoms with E-state index in [0.29, 0.717) is 31.4 Å². The van der Waals surface area contributed by atoms with Gasteiger partial charge in [0.05, 0.1) is 79.4 Å². The van der Waals surface area contributed by atoms with Gasteiger partial charge in [0.2, 0.25) is 0 Å². The lowest BCUT2D eigenvalue weighted by molar-refractivity contribution is -0.144. The highest BCUT2D eigenvalue weighted by Gasteiger charge is 2.47. The summed E-state index contributed by atoms with van der Waals surface area (Å²) in [6.07, 6.45) is -54.8. The summed E-state index contributed by atoms with van der Waals surface area (Å²) in [4.78, 5) is 1.68. The molecule has 4 nitrogen and oxygen atoms in total. The van der Waals surface area contributed by atoms with Crippen LogP contribution in [0.5, 0.6) is 0 Å². The second-order valence-corrected chi connectivity index (χ2v) is 20.2. The first-order valence-electron chi connectivity index (χ1n) is 22.3. The Morgan fingerprint density at radius 2 is 0.410 bits per heavy atom. The first kappa shape index (κ1) is 63.7. The van der Waals surface area contributed by atoms with E-state index in [1.54, 1.807) is 72.8 Å². The summed E-state index contributed by atoms with van der Waals surface area (Å²) in [5.41, 5.74) is -28.8. The van der Waals surface area contributed by atoms with Crippen molar-refractivity contribution < 1.29 is 110 Å². The van der Waals surface area contributed by atoms with Gasteiger partial charge in [-0.1, -0.05) is 52.7 Å². The molecular weight excluding hydrogens is 1190 g/mol. The molecule has 434 valence electrons. The van der Waals surface area contributed by atoms with Gasteiger partial charge in [0.25, 0.3) is 0 Å². The maximum atomic E-state index is 14.2. The molecule has 0 N–H and O–H groups in total. The lowest BCUT2D eigenvalue weighted by atomic mass is 9.12. The van der Waals surface area contributed by atoms with Gasteiger partial charge in [-0.2, -0.15) is 143 Å². The normalized spacial score (nSPS) is 13.1. The highest BCUT2D eigenvalue weighted by Crippen LogP contribution is 2.42. The Hall–Kier alpha value is -8.46. The van der Waals surface area contributed by atoms with E-state index < -0.39 is 205 Å². The predicted molar refractivity (Wildman–Crippen MR) is 246 cm³/mol. The molecule has 0 atom stereocenters. The zero-order chi connectivity index (χ0) is 62.5. The van der Waals surface area contributed by atoms with Crippen molar-refractivity contribution in [2.24, 2.45) is 0 Å². The van der Waals surface area contributed by atoms with Crippen molar-refractivity contribution in [3.05, 3.63) is 207 Å². The Balaban J connectivity index is 0.000000352. The van der Waals surface area contributed by atoms with Crippen LogP contribution in [0, 0.1) is 34.0 Å². The number of hydrogen-bond acceptors (Lipinski definition) is 4. The monoisotopic (exact) mass is 1220 g/mol. The average Bonchev–Trinajstić information content (AvgIpc) is 1.88. The van der Waals surface area contributed by atoms with E-state index in [2.05, 4.69) is 18.2 Å². The summed E-state index contributed by atoms with van der Waals surface area (Å²) in [7, 11) is -2.83. The van der Waals surface area contributed by atoms with Gasteiger partial charge in [-0.15, -0.1) is 0 Å². The molecule has 83 heavy (non-hydrogen) atoms. The Labute approximate surface area is 451 Å². The Morgan fingerprint density at radius 3 is 0.530 bits per heavy atom. The molecule has 0 fully saturated rings. The van der Waals surface area contributed by atoms with Crippen molar-refractivity contribution in [2.75, 3.05) is 0 Å². The molecule has 0 aromatic heterocycles. The predicted octanol–water partition coefficient (Wildman–Crippen LogP) is 15.5. The summed E-state index contributed by atoms with van der Waals surface area (Å²) >= 11 is 0. The van der Waals surface area contributed by atoms with Gasteiger partial charge < -0.3 is 0 Å². The average molecular weight is 1220 g/mol. The zero-order valence-corrected chi connectivity index (χ0v) is 41.0. The second-order valence-electron chi connectivity index (χ2n) is 17.7. The molecule has 0 aliphatic carbocycles. The highest BCUT2D eigenvalue weighted by molar-refractivity contribution is 8.03. The van der Waals surface area contributed by atoms with Crippen LogP contribution in [-0.4, -0.2) is 6.15 Å². The van der Waals surface area contributed by atoms with Crippen molar-refractivity contribution in [1.29, 1.82) is 15.8 Å². The van der Waals surface area contributed by atoms with Gasteiger partial charge >= 0.3 is 49.4 Å². The van der Waals surface area contributed by atoms with E-state index in [1.807, 2.05) is 0 Å². The number of hydrogen-bond donors (Lipinski definition) is 0. The molecule has 0 saturated carbocycles. The van der Waals surface area contributed by atoms with Crippen molar-refractivity contribution in [3.8, 4) is 18.2 Å². The minimum atomic E-state index is -6.13. The number of nitriles is 3. The molecule has 0 bridgehead atoms. The van der Waals surface area contributed by atoms with Crippen molar-refractivity contribution in [3.63, 3.8) is 0 Å². The number of halogens is 24. The number of rotatable bonds is 7. The van der Waals surface area contributed by atoms with Crippen LogP contribution in [0.15, 0.2) is 160 Å². The Bertz CT molecular complexity index is 3160. The van der Waals surface area contributed by atoms with Crippen LogP contribution in [0.4, 0.5) is 105 Å². The van der Waals surface area contributed by atoms with Gasteiger partial charge in [0.1, 0.15) is 6.15 Å². The molecule has 0 spiro atoms. The van der Waals surface area contributed by atoms with Gasteiger partial charge in [-0.25, -0.2) is 0 Å². The van der Waals surface area contributed by atoms with Crippen LogP contribution in [-0.2, 0) is 63.6 Å². The standard InChI is InChI=1S/C32H12BF24.C21H12N3OS/c34-25(35,36)13-1-14(26(37,38)39)6-21(5-13)33(22-7-15(27(40,41)42)2-16(8-22)28(43,44)45,23-9-17(29(46,47)48)3-18(10-23)30(49,50)51)24-11-19(31(52,53)54)4-20(12-24)32(55,56)57;22-13-16-1-7-19(8-2-16)26(25,20-9-3-17(14-23)4-10-20)21-11-5-18(15-24)6-12-21/h1-12H;1-12H/q-1;+1. The van der Waals surface area contributed by atoms with Crippen LogP contribution >= 0.6 is 0 Å². The highest BCUT2D eigenvalue weighted by atomic mass is 32.2. The van der Waals surface area contributed by atoms with Crippen LogP contribution in [0.1, 0.15) is 61.2 Å². The maximum Gasteiger partial charge on any atom is 0.416 e. The third-order valence-corrected chi connectivity index (χ3v) is 15.2. The lowest BCUT2D eigenvalue weighted by Crippen LogP contribution is -2.75. The molecule has 30 heteroatoms. The molecular formula is C53H24BF24N3OS. The fraction of sp³-hybridized carbons (Fsp3) is 0.151. The van der Waals surface area contributed by atoms with E-state index >= 15 is 0 Å². The fourth-order valence-electron chi connectivity index (χ4n) is 8.64. The fourth-order valence-corrected chi connectivity index (χ4v) is 11.0. The van der Waals surface area contributed by atoms with Crippen LogP contribution in [0.2, 0.25) is 0 Å². The van der Waals surface area contributed by atoms with Crippen molar-refractivity contribution in [2.45, 2.75) is 64.1 Å². The SMILES string of the molecule is FC(F)(F)c1cc([B-](c2cc(C(F)(F)F)cc(C(F)(F)F)c2)(c2cc(C(F)(F)F)cc(C(F)(F)F)c2)c2cc(C(F)(F)F)cc(C(F)(F)F)c2)cc(C(F)(F)F)c1.N#Cc1ccc([S+](=O)(c2ccc(C#N)cc2)c2ccc(C#N)cc2)cc1. The molecule has 0 amide bonds. The van der Waals surface area contributed by atoms with E-state index in [0.717, 1.165) is 0 Å². The summed E-state index contributed by atoms with van der Waals surface area (Å²) in [5, 5.41) is 27.0. The topological polar surface area (TPSA) is 88.4 Å². The van der Waals surface area contributed by atoms with Gasteiger partial charge in [-0.3, -0.25) is 0 Å². The number of benzene rings is 7.